The highest BCUT2D eigenvalue weighted by Crippen LogP contribution is 2.08. The van der Waals surface area contributed by atoms with Crippen LogP contribution in [-0.4, -0.2) is 49.1 Å². The molecule has 9 heteroatoms. The average Bonchev–Trinajstić information content (AvgIpc) is 2.86. The maximum absolute atomic E-state index is 13.1. The minimum Gasteiger partial charge on any atom is -0.467 e. The first-order valence-electron chi connectivity index (χ1n) is 11.4. The van der Waals surface area contributed by atoms with E-state index in [0.29, 0.717) is 0 Å². The lowest BCUT2D eigenvalue weighted by atomic mass is 10.0. The topological polar surface area (TPSA) is 123 Å². The minimum atomic E-state index is -0.986. The Morgan fingerprint density at radius 3 is 1.89 bits per heavy atom. The van der Waals surface area contributed by atoms with E-state index < -0.39 is 42.0 Å². The zero-order valence-electron chi connectivity index (χ0n) is 20.4. The lowest BCUT2D eigenvalue weighted by Crippen LogP contribution is -2.56. The van der Waals surface area contributed by atoms with Crippen molar-refractivity contribution in [1.82, 2.24) is 16.0 Å². The molecule has 0 aliphatic heterocycles. The highest BCUT2D eigenvalue weighted by molar-refractivity contribution is 5.93. The molecular formula is C26H33N3O6. The van der Waals surface area contributed by atoms with Crippen molar-refractivity contribution in [1.29, 1.82) is 0 Å². The predicted molar refractivity (Wildman–Crippen MR) is 130 cm³/mol. The highest BCUT2D eigenvalue weighted by atomic mass is 16.5. The molecule has 0 aliphatic carbocycles. The second kappa shape index (κ2) is 13.7. The fourth-order valence-electron chi connectivity index (χ4n) is 3.24. The average molecular weight is 484 g/mol. The molecule has 9 nitrogen and oxygen atoms in total. The summed E-state index contributed by atoms with van der Waals surface area (Å²) in [6.45, 7) is 5.10. The van der Waals surface area contributed by atoms with E-state index in [1.165, 1.54) is 14.0 Å². The fraction of sp³-hybridized carbons (Fsp3) is 0.385. The fourth-order valence-corrected chi connectivity index (χ4v) is 3.24. The zero-order valence-corrected chi connectivity index (χ0v) is 20.4. The van der Waals surface area contributed by atoms with E-state index in [0.717, 1.165) is 11.1 Å². The highest BCUT2D eigenvalue weighted by Gasteiger charge is 2.30. The first-order valence-corrected chi connectivity index (χ1v) is 11.4. The van der Waals surface area contributed by atoms with Gasteiger partial charge in [0.25, 0.3) is 0 Å². The second-order valence-corrected chi connectivity index (χ2v) is 8.43. The molecule has 0 saturated heterocycles. The van der Waals surface area contributed by atoms with Crippen molar-refractivity contribution in [3.05, 3.63) is 71.8 Å². The van der Waals surface area contributed by atoms with E-state index in [1.807, 2.05) is 60.7 Å². The Morgan fingerprint density at radius 1 is 0.771 bits per heavy atom. The van der Waals surface area contributed by atoms with Crippen LogP contribution in [0.4, 0.5) is 4.79 Å². The van der Waals surface area contributed by atoms with E-state index in [1.54, 1.807) is 13.8 Å². The summed E-state index contributed by atoms with van der Waals surface area (Å²) in [7, 11) is 1.25. The van der Waals surface area contributed by atoms with Crippen LogP contribution in [0.1, 0.15) is 31.9 Å². The Kier molecular flexibility index (Phi) is 10.7. The molecule has 0 heterocycles. The van der Waals surface area contributed by atoms with Crippen LogP contribution in [0.25, 0.3) is 0 Å². The molecule has 0 saturated carbocycles. The van der Waals surface area contributed by atoms with Gasteiger partial charge in [-0.2, -0.15) is 0 Å². The van der Waals surface area contributed by atoms with Gasteiger partial charge in [0, 0.05) is 6.42 Å². The van der Waals surface area contributed by atoms with Crippen LogP contribution >= 0.6 is 0 Å². The van der Waals surface area contributed by atoms with Gasteiger partial charge in [-0.1, -0.05) is 74.5 Å². The third kappa shape index (κ3) is 9.11. The molecule has 3 atom stereocenters. The summed E-state index contributed by atoms with van der Waals surface area (Å²) < 4.78 is 9.94. The summed E-state index contributed by atoms with van der Waals surface area (Å²) in [6.07, 6.45) is -0.568. The van der Waals surface area contributed by atoms with Gasteiger partial charge in [-0.3, -0.25) is 9.59 Å². The molecule has 0 fully saturated rings. The van der Waals surface area contributed by atoms with Crippen molar-refractivity contribution in [3.63, 3.8) is 0 Å². The van der Waals surface area contributed by atoms with Gasteiger partial charge < -0.3 is 25.4 Å². The molecule has 188 valence electrons. The third-order valence-electron chi connectivity index (χ3n) is 5.28. The van der Waals surface area contributed by atoms with Gasteiger partial charge in [0.2, 0.25) is 11.8 Å². The van der Waals surface area contributed by atoms with Gasteiger partial charge in [-0.25, -0.2) is 9.59 Å². The number of esters is 1. The van der Waals surface area contributed by atoms with Gasteiger partial charge in [0.15, 0.2) is 0 Å². The Bertz CT molecular complexity index is 981. The Labute approximate surface area is 205 Å². The van der Waals surface area contributed by atoms with E-state index in [2.05, 4.69) is 16.0 Å². The zero-order chi connectivity index (χ0) is 25.8. The normalized spacial score (nSPS) is 13.2. The number of rotatable bonds is 11. The molecule has 0 bridgehead atoms. The molecule has 2 aromatic carbocycles. The maximum atomic E-state index is 13.1. The molecular weight excluding hydrogens is 450 g/mol. The van der Waals surface area contributed by atoms with Crippen LogP contribution in [-0.2, 0) is 36.9 Å². The molecule has 35 heavy (non-hydrogen) atoms. The summed E-state index contributed by atoms with van der Waals surface area (Å²) in [5.41, 5.74) is 1.62. The number of nitrogens with one attached hydrogen (secondary N) is 3. The van der Waals surface area contributed by atoms with Crippen LogP contribution < -0.4 is 16.0 Å². The third-order valence-corrected chi connectivity index (χ3v) is 5.28. The molecule has 0 spiro atoms. The lowest BCUT2D eigenvalue weighted by molar-refractivity contribution is -0.146. The number of carbonyl (C=O) groups is 4. The number of methoxy groups -OCH3 is 1. The standard InChI is InChI=1S/C26H33N3O6/c1-17(2)22(25(32)34-4)29-24(31)21(15-19-11-7-5-8-12-19)28-23(30)18(3)27-26(33)35-16-20-13-9-6-10-14-20/h5-14,17-18,21-22H,15-16H2,1-4H3,(H,27,33)(H,28,30)(H,29,31)/t18-,21+,22-/m0/s1. The van der Waals surface area contributed by atoms with Gasteiger partial charge in [0.1, 0.15) is 24.7 Å². The van der Waals surface area contributed by atoms with E-state index in [4.69, 9.17) is 9.47 Å². The molecule has 2 aromatic rings. The number of carbonyl (C=O) groups excluding carboxylic acids is 4. The predicted octanol–water partition coefficient (Wildman–Crippen LogP) is 2.34. The van der Waals surface area contributed by atoms with Crippen molar-refractivity contribution in [2.45, 2.75) is 51.9 Å². The van der Waals surface area contributed by atoms with Crippen molar-refractivity contribution in [2.75, 3.05) is 7.11 Å². The lowest BCUT2D eigenvalue weighted by Gasteiger charge is -2.25. The van der Waals surface area contributed by atoms with Gasteiger partial charge in [-0.15, -0.1) is 0 Å². The minimum absolute atomic E-state index is 0.0597. The Hall–Kier alpha value is -3.88. The smallest absolute Gasteiger partial charge is 0.408 e. The summed E-state index contributed by atoms with van der Waals surface area (Å²) in [5, 5.41) is 7.81. The summed E-state index contributed by atoms with van der Waals surface area (Å²) in [4.78, 5) is 50.1. The number of alkyl carbamates (subject to hydrolysis) is 1. The first-order chi connectivity index (χ1) is 16.7. The number of benzene rings is 2. The first kappa shape index (κ1) is 27.4. The van der Waals surface area contributed by atoms with Crippen molar-refractivity contribution in [2.24, 2.45) is 5.92 Å². The van der Waals surface area contributed by atoms with Crippen LogP contribution in [0, 0.1) is 5.92 Å². The number of amides is 3. The van der Waals surface area contributed by atoms with E-state index in [9.17, 15) is 19.2 Å². The molecule has 3 amide bonds. The molecule has 0 aromatic heterocycles. The second-order valence-electron chi connectivity index (χ2n) is 8.43. The van der Waals surface area contributed by atoms with Crippen LogP contribution in [0.3, 0.4) is 0 Å². The molecule has 2 rings (SSSR count). The van der Waals surface area contributed by atoms with Crippen molar-refractivity contribution < 1.29 is 28.7 Å². The number of hydrogen-bond acceptors (Lipinski definition) is 6. The molecule has 0 radical (unpaired) electrons. The SMILES string of the molecule is COC(=O)[C@@H](NC(=O)[C@@H](Cc1ccccc1)NC(=O)[C@H](C)NC(=O)OCc1ccccc1)C(C)C. The van der Waals surface area contributed by atoms with Crippen molar-refractivity contribution in [3.8, 4) is 0 Å². The maximum Gasteiger partial charge on any atom is 0.408 e. The van der Waals surface area contributed by atoms with Crippen LogP contribution in [0.2, 0.25) is 0 Å². The van der Waals surface area contributed by atoms with Gasteiger partial charge >= 0.3 is 12.1 Å². The Balaban J connectivity index is 2.03. The number of hydrogen-bond donors (Lipinski definition) is 3. The van der Waals surface area contributed by atoms with Gasteiger partial charge in [-0.05, 0) is 24.0 Å². The monoisotopic (exact) mass is 483 g/mol. The van der Waals surface area contributed by atoms with E-state index in [-0.39, 0.29) is 18.9 Å². The van der Waals surface area contributed by atoms with Crippen LogP contribution in [0.5, 0.6) is 0 Å². The summed E-state index contributed by atoms with van der Waals surface area (Å²) >= 11 is 0. The van der Waals surface area contributed by atoms with E-state index >= 15 is 0 Å². The molecule has 3 N–H and O–H groups in total. The summed E-state index contributed by atoms with van der Waals surface area (Å²) in [5.74, 6) is -1.91. The number of ether oxygens (including phenoxy) is 2. The summed E-state index contributed by atoms with van der Waals surface area (Å²) in [6, 6.07) is 15.5. The quantitative estimate of drug-likeness (QED) is 0.422. The largest absolute Gasteiger partial charge is 0.467 e. The van der Waals surface area contributed by atoms with Crippen LogP contribution in [0.15, 0.2) is 60.7 Å². The van der Waals surface area contributed by atoms with Gasteiger partial charge in [0.05, 0.1) is 7.11 Å². The molecule has 0 unspecified atom stereocenters. The van der Waals surface area contributed by atoms with Crippen molar-refractivity contribution >= 4 is 23.9 Å². The molecule has 0 aliphatic rings. The Morgan fingerprint density at radius 2 is 1.34 bits per heavy atom.